The molecule has 13 heavy (non-hydrogen) atoms. The second-order valence-corrected chi connectivity index (χ2v) is 2.89. The number of hydrogen-bond acceptors (Lipinski definition) is 1. The van der Waals surface area contributed by atoms with E-state index in [4.69, 9.17) is 11.6 Å². The Balaban J connectivity index is 3.41. The summed E-state index contributed by atoms with van der Waals surface area (Å²) in [5.41, 5.74) is -2.22. The number of hydrogen-bond donors (Lipinski definition) is 1. The van der Waals surface area contributed by atoms with Gasteiger partial charge in [0.15, 0.2) is 0 Å². The number of alkyl halides is 3. The second kappa shape index (κ2) is 3.06. The van der Waals surface area contributed by atoms with Crippen molar-refractivity contribution in [2.45, 2.75) is 13.1 Å². The van der Waals surface area contributed by atoms with Gasteiger partial charge in [0.05, 0.1) is 5.02 Å². The highest BCUT2D eigenvalue weighted by Gasteiger charge is 2.34. The summed E-state index contributed by atoms with van der Waals surface area (Å²) in [6.45, 7) is 1.42. The molecule has 0 atom stereocenters. The van der Waals surface area contributed by atoms with Gasteiger partial charge >= 0.3 is 6.18 Å². The molecule has 0 aliphatic carbocycles. The van der Waals surface area contributed by atoms with E-state index in [0.29, 0.717) is 6.07 Å². The molecule has 1 heterocycles. The van der Waals surface area contributed by atoms with Crippen molar-refractivity contribution >= 4 is 11.6 Å². The molecule has 0 radical (unpaired) electrons. The molecule has 1 aromatic heterocycles. The van der Waals surface area contributed by atoms with E-state index in [2.05, 4.69) is 0 Å². The fourth-order valence-electron chi connectivity index (χ4n) is 0.808. The zero-order valence-corrected chi connectivity index (χ0v) is 7.25. The molecule has 0 bridgehead atoms. The fraction of sp³-hybridized carbons (Fsp3) is 0.286. The van der Waals surface area contributed by atoms with Crippen molar-refractivity contribution < 1.29 is 13.2 Å². The van der Waals surface area contributed by atoms with Crippen molar-refractivity contribution in [3.05, 3.63) is 32.7 Å². The summed E-state index contributed by atoms with van der Waals surface area (Å²) in [6.07, 6.45) is -4.66. The van der Waals surface area contributed by atoms with Gasteiger partial charge in [-0.05, 0) is 13.0 Å². The fourth-order valence-corrected chi connectivity index (χ4v) is 0.965. The lowest BCUT2D eigenvalue weighted by molar-refractivity contribution is -0.138. The largest absolute Gasteiger partial charge is 0.421 e. The minimum Gasteiger partial charge on any atom is -0.324 e. The molecule has 1 rings (SSSR count). The minimum atomic E-state index is -4.66. The molecule has 72 valence electrons. The lowest BCUT2D eigenvalue weighted by atomic mass is 10.2. The average molecular weight is 212 g/mol. The van der Waals surface area contributed by atoms with E-state index >= 15 is 0 Å². The Labute approximate surface area is 76.3 Å². The maximum atomic E-state index is 12.1. The highest BCUT2D eigenvalue weighted by molar-refractivity contribution is 6.31. The van der Waals surface area contributed by atoms with Gasteiger partial charge in [-0.1, -0.05) is 11.6 Å². The van der Waals surface area contributed by atoms with Crippen LogP contribution in [0, 0.1) is 6.92 Å². The lowest BCUT2D eigenvalue weighted by Crippen LogP contribution is -2.21. The summed E-state index contributed by atoms with van der Waals surface area (Å²) in [6, 6.07) is 0.621. The van der Waals surface area contributed by atoms with Crippen molar-refractivity contribution in [1.29, 1.82) is 0 Å². The highest BCUT2D eigenvalue weighted by Crippen LogP contribution is 2.28. The first-order chi connectivity index (χ1) is 5.82. The molecule has 0 aliphatic heterocycles. The van der Waals surface area contributed by atoms with Gasteiger partial charge in [0.25, 0.3) is 5.56 Å². The normalized spacial score (nSPS) is 11.8. The number of H-pyrrole nitrogens is 1. The van der Waals surface area contributed by atoms with Gasteiger partial charge in [-0.15, -0.1) is 0 Å². The van der Waals surface area contributed by atoms with E-state index in [-0.39, 0.29) is 10.7 Å². The van der Waals surface area contributed by atoms with Crippen LogP contribution in [-0.4, -0.2) is 4.98 Å². The molecule has 0 aliphatic rings. The molecule has 2 nitrogen and oxygen atoms in total. The monoisotopic (exact) mass is 211 g/mol. The molecule has 0 aromatic carbocycles. The van der Waals surface area contributed by atoms with Crippen LogP contribution in [0.4, 0.5) is 13.2 Å². The van der Waals surface area contributed by atoms with Crippen LogP contribution >= 0.6 is 11.6 Å². The molecule has 1 N–H and O–H groups in total. The first-order valence-electron chi connectivity index (χ1n) is 3.29. The first kappa shape index (κ1) is 10.1. The Morgan fingerprint density at radius 3 is 2.46 bits per heavy atom. The Morgan fingerprint density at radius 2 is 2.00 bits per heavy atom. The molecule has 0 saturated carbocycles. The Kier molecular flexibility index (Phi) is 2.38. The molecule has 1 aromatic rings. The van der Waals surface area contributed by atoms with Crippen molar-refractivity contribution in [3.63, 3.8) is 0 Å². The number of rotatable bonds is 0. The summed E-state index contributed by atoms with van der Waals surface area (Å²) < 4.78 is 36.2. The third-order valence-electron chi connectivity index (χ3n) is 1.48. The van der Waals surface area contributed by atoms with E-state index in [1.807, 2.05) is 4.98 Å². The molecule has 6 heteroatoms. The second-order valence-electron chi connectivity index (χ2n) is 2.48. The van der Waals surface area contributed by atoms with E-state index < -0.39 is 17.3 Å². The standard InChI is InChI=1S/C7H5ClF3NO/c1-3-5(8)2-4(6(13)12-3)7(9,10)11/h2H,1H3,(H,12,13). The number of halogens is 4. The number of aromatic nitrogens is 1. The molecule has 0 unspecified atom stereocenters. The third-order valence-corrected chi connectivity index (χ3v) is 1.87. The van der Waals surface area contributed by atoms with E-state index in [1.54, 1.807) is 0 Å². The van der Waals surface area contributed by atoms with Gasteiger partial charge in [0.1, 0.15) is 5.56 Å². The van der Waals surface area contributed by atoms with Crippen molar-refractivity contribution in [3.8, 4) is 0 Å². The summed E-state index contributed by atoms with van der Waals surface area (Å²) >= 11 is 5.42. The van der Waals surface area contributed by atoms with Crippen molar-refractivity contribution in [2.24, 2.45) is 0 Å². The summed E-state index contributed by atoms with van der Waals surface area (Å²) in [4.78, 5) is 12.8. The lowest BCUT2D eigenvalue weighted by Gasteiger charge is -2.06. The maximum Gasteiger partial charge on any atom is 0.421 e. The van der Waals surface area contributed by atoms with Crippen LogP contribution in [0.5, 0.6) is 0 Å². The predicted octanol–water partition coefficient (Wildman–Crippen LogP) is 2.36. The van der Waals surface area contributed by atoms with Crippen LogP contribution in [-0.2, 0) is 6.18 Å². The van der Waals surface area contributed by atoms with E-state index in [1.165, 1.54) is 6.92 Å². The number of nitrogens with one attached hydrogen (secondary N) is 1. The smallest absolute Gasteiger partial charge is 0.324 e. The predicted molar refractivity (Wildman–Crippen MR) is 41.8 cm³/mol. The van der Waals surface area contributed by atoms with Crippen LogP contribution in [0.25, 0.3) is 0 Å². The van der Waals surface area contributed by atoms with Crippen molar-refractivity contribution in [2.75, 3.05) is 0 Å². The molecule has 0 fully saturated rings. The maximum absolute atomic E-state index is 12.1. The van der Waals surface area contributed by atoms with Crippen LogP contribution in [0.3, 0.4) is 0 Å². The van der Waals surface area contributed by atoms with E-state index in [0.717, 1.165) is 0 Å². The SMILES string of the molecule is Cc1[nH]c(=O)c(C(F)(F)F)cc1Cl. The first-order valence-corrected chi connectivity index (χ1v) is 3.67. The van der Waals surface area contributed by atoms with Gasteiger partial charge < -0.3 is 4.98 Å². The van der Waals surface area contributed by atoms with Gasteiger partial charge in [-0.2, -0.15) is 13.2 Å². The zero-order chi connectivity index (χ0) is 10.2. The Morgan fingerprint density at radius 1 is 1.46 bits per heavy atom. The van der Waals surface area contributed by atoms with Crippen LogP contribution in [0.1, 0.15) is 11.3 Å². The van der Waals surface area contributed by atoms with Gasteiger partial charge in [0.2, 0.25) is 0 Å². The zero-order valence-electron chi connectivity index (χ0n) is 6.50. The van der Waals surface area contributed by atoms with E-state index in [9.17, 15) is 18.0 Å². The van der Waals surface area contributed by atoms with Gasteiger partial charge in [0, 0.05) is 5.69 Å². The average Bonchev–Trinajstić information content (AvgIpc) is 1.94. The number of pyridine rings is 1. The summed E-state index contributed by atoms with van der Waals surface area (Å²) in [7, 11) is 0. The molecular weight excluding hydrogens is 207 g/mol. The minimum absolute atomic E-state index is 0.105. The topological polar surface area (TPSA) is 32.9 Å². The van der Waals surface area contributed by atoms with Crippen molar-refractivity contribution in [1.82, 2.24) is 4.98 Å². The molecule has 0 saturated heterocycles. The molecule has 0 amide bonds. The van der Waals surface area contributed by atoms with Crippen LogP contribution in [0.15, 0.2) is 10.9 Å². The quantitative estimate of drug-likeness (QED) is 0.702. The van der Waals surface area contributed by atoms with Gasteiger partial charge in [-0.25, -0.2) is 0 Å². The summed E-state index contributed by atoms with van der Waals surface area (Å²) in [5, 5.41) is -0.105. The molecule has 0 spiro atoms. The third kappa shape index (κ3) is 2.03. The Bertz CT molecular complexity index is 382. The van der Waals surface area contributed by atoms with Crippen LogP contribution in [0.2, 0.25) is 5.02 Å². The van der Waals surface area contributed by atoms with Gasteiger partial charge in [-0.3, -0.25) is 4.79 Å². The summed E-state index contributed by atoms with van der Waals surface area (Å²) in [5.74, 6) is 0. The van der Waals surface area contributed by atoms with Crippen LogP contribution < -0.4 is 5.56 Å². The molecular formula is C7H5ClF3NO. The number of aromatic amines is 1. The number of aryl methyl sites for hydroxylation is 1. The highest BCUT2D eigenvalue weighted by atomic mass is 35.5. The Hall–Kier alpha value is -0.970.